The van der Waals surface area contributed by atoms with E-state index in [9.17, 15) is 18.0 Å². The number of nitrogens with two attached hydrogens (primary N) is 2. The summed E-state index contributed by atoms with van der Waals surface area (Å²) in [5.41, 5.74) is 5.80. The number of amides is 2. The van der Waals surface area contributed by atoms with E-state index in [1.165, 1.54) is 24.3 Å². The van der Waals surface area contributed by atoms with Gasteiger partial charge < -0.3 is 11.1 Å². The molecule has 5 N–H and O–H groups in total. The van der Waals surface area contributed by atoms with Gasteiger partial charge in [-0.15, -0.1) is 0 Å². The molecule has 1 aliphatic heterocycles. The molecule has 0 radical (unpaired) electrons. The molecule has 2 amide bonds. The molecule has 1 heterocycles. The first-order valence-electron chi connectivity index (χ1n) is 7.65. The Bertz CT molecular complexity index is 709. The Morgan fingerprint density at radius 2 is 1.75 bits per heavy atom. The molecule has 1 saturated heterocycles. The molecule has 24 heavy (non-hydrogen) atoms. The molecule has 132 valence electrons. The van der Waals surface area contributed by atoms with E-state index in [4.69, 9.17) is 10.9 Å². The number of carbonyl (C=O) groups excluding carboxylic acids is 2. The van der Waals surface area contributed by atoms with E-state index in [1.807, 2.05) is 4.90 Å². The fourth-order valence-electron chi connectivity index (χ4n) is 2.71. The predicted octanol–water partition coefficient (Wildman–Crippen LogP) is -0.142. The van der Waals surface area contributed by atoms with E-state index in [0.717, 1.165) is 0 Å². The van der Waals surface area contributed by atoms with Crippen molar-refractivity contribution < 1.29 is 18.0 Å². The molecule has 2 rings (SSSR count). The average Bonchev–Trinajstić information content (AvgIpc) is 2.54. The summed E-state index contributed by atoms with van der Waals surface area (Å²) in [4.78, 5) is 25.5. The van der Waals surface area contributed by atoms with Crippen LogP contribution in [0.2, 0.25) is 0 Å². The van der Waals surface area contributed by atoms with Crippen molar-refractivity contribution in [3.05, 3.63) is 24.3 Å². The Morgan fingerprint density at radius 3 is 2.21 bits per heavy atom. The van der Waals surface area contributed by atoms with Gasteiger partial charge in [0.05, 0.1) is 10.9 Å². The maximum absolute atomic E-state index is 12.3. The predicted molar refractivity (Wildman–Crippen MR) is 89.4 cm³/mol. The lowest BCUT2D eigenvalue weighted by Crippen LogP contribution is -2.47. The maximum Gasteiger partial charge on any atom is 0.241 e. The number of piperidine rings is 1. The van der Waals surface area contributed by atoms with Gasteiger partial charge in [-0.1, -0.05) is 0 Å². The number of hydrogen-bond acceptors (Lipinski definition) is 5. The number of rotatable bonds is 5. The number of nitrogens with zero attached hydrogens (tertiary/aromatic N) is 1. The Hall–Kier alpha value is -1.97. The van der Waals surface area contributed by atoms with E-state index in [2.05, 4.69) is 5.32 Å². The molecule has 0 saturated carbocycles. The van der Waals surface area contributed by atoms with Gasteiger partial charge in [0.25, 0.3) is 0 Å². The molecular weight excluding hydrogens is 332 g/mol. The van der Waals surface area contributed by atoms with Crippen LogP contribution in [0.15, 0.2) is 29.2 Å². The Labute approximate surface area is 141 Å². The molecule has 0 bridgehead atoms. The van der Waals surface area contributed by atoms with Gasteiger partial charge in [-0.3, -0.25) is 14.5 Å². The summed E-state index contributed by atoms with van der Waals surface area (Å²) < 4.78 is 22.4. The van der Waals surface area contributed by atoms with Gasteiger partial charge in [0.2, 0.25) is 21.8 Å². The highest BCUT2D eigenvalue weighted by Gasteiger charge is 2.28. The number of primary sulfonamides is 1. The standard InChI is InChI=1S/C15H22N4O4S/c1-10(19-8-6-11(7-9-19)14(16)20)15(21)18-12-2-4-13(5-3-12)24(17,22)23/h2-5,10-11H,6-9H2,1H3,(H2,16,20)(H,18,21)(H2,17,22,23). The summed E-state index contributed by atoms with van der Waals surface area (Å²) in [6, 6.07) is 5.30. The normalized spacial score (nSPS) is 18.1. The Kier molecular flexibility index (Phi) is 5.58. The smallest absolute Gasteiger partial charge is 0.241 e. The largest absolute Gasteiger partial charge is 0.369 e. The van der Waals surface area contributed by atoms with Crippen LogP contribution in [-0.4, -0.2) is 44.3 Å². The van der Waals surface area contributed by atoms with Gasteiger partial charge in [-0.2, -0.15) is 0 Å². The van der Waals surface area contributed by atoms with Crippen LogP contribution < -0.4 is 16.2 Å². The molecule has 9 heteroatoms. The molecule has 1 fully saturated rings. The Morgan fingerprint density at radius 1 is 1.21 bits per heavy atom. The summed E-state index contributed by atoms with van der Waals surface area (Å²) in [5.74, 6) is -0.611. The number of anilines is 1. The number of likely N-dealkylation sites (tertiary alicyclic amines) is 1. The summed E-state index contributed by atoms with van der Waals surface area (Å²) in [5, 5.41) is 7.78. The van der Waals surface area contributed by atoms with Crippen molar-refractivity contribution in [3.8, 4) is 0 Å². The topological polar surface area (TPSA) is 136 Å². The molecule has 1 aliphatic rings. The summed E-state index contributed by atoms with van der Waals surface area (Å²) in [7, 11) is -3.75. The maximum atomic E-state index is 12.3. The van der Waals surface area contributed by atoms with Crippen LogP contribution in [0.1, 0.15) is 19.8 Å². The fourth-order valence-corrected chi connectivity index (χ4v) is 3.23. The minimum absolute atomic E-state index is 0.0120. The molecule has 1 aromatic carbocycles. The van der Waals surface area contributed by atoms with Crippen LogP contribution in [0, 0.1) is 5.92 Å². The lowest BCUT2D eigenvalue weighted by molar-refractivity contribution is -0.124. The molecule has 0 spiro atoms. The number of sulfonamides is 1. The first-order valence-corrected chi connectivity index (χ1v) is 9.20. The lowest BCUT2D eigenvalue weighted by atomic mass is 9.95. The highest BCUT2D eigenvalue weighted by atomic mass is 32.2. The van der Waals surface area contributed by atoms with Crippen molar-refractivity contribution in [1.29, 1.82) is 0 Å². The van der Waals surface area contributed by atoms with Crippen LogP contribution in [0.25, 0.3) is 0 Å². The minimum atomic E-state index is -3.75. The monoisotopic (exact) mass is 354 g/mol. The van der Waals surface area contributed by atoms with Gasteiger partial charge >= 0.3 is 0 Å². The SMILES string of the molecule is CC(C(=O)Nc1ccc(S(N)(=O)=O)cc1)N1CCC(C(N)=O)CC1. The zero-order valence-electron chi connectivity index (χ0n) is 13.4. The summed E-state index contributed by atoms with van der Waals surface area (Å²) >= 11 is 0. The number of hydrogen-bond donors (Lipinski definition) is 3. The first kappa shape index (κ1) is 18.4. The second-order valence-electron chi connectivity index (χ2n) is 5.95. The van der Waals surface area contributed by atoms with E-state index in [-0.39, 0.29) is 28.7 Å². The number of primary amides is 1. The van der Waals surface area contributed by atoms with Gasteiger partial charge in [0.1, 0.15) is 0 Å². The van der Waals surface area contributed by atoms with Gasteiger partial charge in [0, 0.05) is 11.6 Å². The molecule has 1 atom stereocenters. The van der Waals surface area contributed by atoms with E-state index in [0.29, 0.717) is 31.6 Å². The fraction of sp³-hybridized carbons (Fsp3) is 0.467. The molecular formula is C15H22N4O4S. The first-order chi connectivity index (χ1) is 11.2. The van der Waals surface area contributed by atoms with Crippen LogP contribution in [-0.2, 0) is 19.6 Å². The summed E-state index contributed by atoms with van der Waals surface area (Å²) in [6.07, 6.45) is 1.30. The van der Waals surface area contributed by atoms with Gasteiger partial charge in [-0.25, -0.2) is 13.6 Å². The summed E-state index contributed by atoms with van der Waals surface area (Å²) in [6.45, 7) is 3.05. The number of carbonyl (C=O) groups is 2. The van der Waals surface area contributed by atoms with Crippen LogP contribution in [0.4, 0.5) is 5.69 Å². The molecule has 0 aliphatic carbocycles. The van der Waals surface area contributed by atoms with Crippen LogP contribution in [0.3, 0.4) is 0 Å². The van der Waals surface area contributed by atoms with Gasteiger partial charge in [-0.05, 0) is 57.1 Å². The molecule has 1 unspecified atom stereocenters. The quantitative estimate of drug-likeness (QED) is 0.676. The van der Waals surface area contributed by atoms with E-state index >= 15 is 0 Å². The zero-order chi connectivity index (χ0) is 17.9. The molecule has 8 nitrogen and oxygen atoms in total. The van der Waals surface area contributed by atoms with Crippen molar-refractivity contribution in [2.75, 3.05) is 18.4 Å². The van der Waals surface area contributed by atoms with E-state index in [1.54, 1.807) is 6.92 Å². The third kappa shape index (κ3) is 4.53. The van der Waals surface area contributed by atoms with Gasteiger partial charge in [0.15, 0.2) is 0 Å². The van der Waals surface area contributed by atoms with Crippen molar-refractivity contribution >= 4 is 27.5 Å². The number of benzene rings is 1. The van der Waals surface area contributed by atoms with Crippen molar-refractivity contribution in [2.45, 2.75) is 30.7 Å². The van der Waals surface area contributed by atoms with Crippen molar-refractivity contribution in [1.82, 2.24) is 4.90 Å². The Balaban J connectivity index is 1.93. The minimum Gasteiger partial charge on any atom is -0.369 e. The number of nitrogens with one attached hydrogen (secondary N) is 1. The zero-order valence-corrected chi connectivity index (χ0v) is 14.3. The highest BCUT2D eigenvalue weighted by molar-refractivity contribution is 7.89. The van der Waals surface area contributed by atoms with Crippen LogP contribution in [0.5, 0.6) is 0 Å². The second kappa shape index (κ2) is 7.29. The third-order valence-corrected chi connectivity index (χ3v) is 5.24. The molecule has 1 aromatic rings. The second-order valence-corrected chi connectivity index (χ2v) is 7.51. The van der Waals surface area contributed by atoms with Crippen molar-refractivity contribution in [2.24, 2.45) is 16.8 Å². The van der Waals surface area contributed by atoms with Crippen molar-refractivity contribution in [3.63, 3.8) is 0 Å². The third-order valence-electron chi connectivity index (χ3n) is 4.31. The average molecular weight is 354 g/mol. The highest BCUT2D eigenvalue weighted by Crippen LogP contribution is 2.19. The molecule has 0 aromatic heterocycles. The van der Waals surface area contributed by atoms with E-state index < -0.39 is 10.0 Å². The van der Waals surface area contributed by atoms with Crippen LogP contribution >= 0.6 is 0 Å². The lowest BCUT2D eigenvalue weighted by Gasteiger charge is -2.34.